The van der Waals surface area contributed by atoms with Crippen molar-refractivity contribution in [2.45, 2.75) is 6.42 Å². The number of nitrogens with one attached hydrogen (secondary N) is 1. The average Bonchev–Trinajstić information content (AvgIpc) is 2.41. The fourth-order valence-corrected chi connectivity index (χ4v) is 2.37. The minimum atomic E-state index is -0.413. The van der Waals surface area contributed by atoms with Gasteiger partial charge in [0.25, 0.3) is 5.91 Å². The number of rotatable bonds is 2. The van der Waals surface area contributed by atoms with E-state index in [1.165, 1.54) is 0 Å². The molecule has 0 radical (unpaired) electrons. The second-order valence-electron chi connectivity index (χ2n) is 4.40. The molecule has 1 aliphatic heterocycles. The van der Waals surface area contributed by atoms with Gasteiger partial charge in [0.1, 0.15) is 11.5 Å². The van der Waals surface area contributed by atoms with E-state index in [4.69, 9.17) is 4.74 Å². The van der Waals surface area contributed by atoms with Crippen LogP contribution in [0.4, 0.5) is 0 Å². The molecule has 0 aliphatic carbocycles. The summed E-state index contributed by atoms with van der Waals surface area (Å²) in [5.74, 6) is 0.383. The van der Waals surface area contributed by atoms with E-state index in [0.29, 0.717) is 22.6 Å². The Balaban J connectivity index is 1.99. The van der Waals surface area contributed by atoms with Crippen LogP contribution in [0.1, 0.15) is 15.9 Å². The van der Waals surface area contributed by atoms with Gasteiger partial charge in [-0.05, 0) is 35.9 Å². The second-order valence-corrected chi connectivity index (χ2v) is 5.32. The average molecular weight is 332 g/mol. The molecule has 0 atom stereocenters. The van der Waals surface area contributed by atoms with Crippen molar-refractivity contribution in [1.82, 2.24) is 5.32 Å². The summed E-state index contributed by atoms with van der Waals surface area (Å²) in [5.41, 5.74) is 1.11. The molecule has 0 saturated heterocycles. The summed E-state index contributed by atoms with van der Waals surface area (Å²) in [5, 5.41) is 2.31. The predicted octanol–water partition coefficient (Wildman–Crippen LogP) is 3.05. The maximum atomic E-state index is 11.9. The maximum absolute atomic E-state index is 11.9. The third-order valence-corrected chi connectivity index (χ3v) is 3.51. The number of carbonyl (C=O) groups is 2. The quantitative estimate of drug-likeness (QED) is 0.860. The molecule has 5 heteroatoms. The van der Waals surface area contributed by atoms with Crippen LogP contribution in [-0.4, -0.2) is 11.8 Å². The number of halogens is 1. The summed E-state index contributed by atoms with van der Waals surface area (Å²) in [4.78, 5) is 23.3. The third kappa shape index (κ3) is 2.44. The number of carbonyl (C=O) groups excluding carboxylic acids is 2. The van der Waals surface area contributed by atoms with Crippen LogP contribution in [0.15, 0.2) is 46.9 Å². The van der Waals surface area contributed by atoms with Gasteiger partial charge in [-0.25, -0.2) is 0 Å². The molecule has 2 aromatic carbocycles. The predicted molar refractivity (Wildman–Crippen MR) is 76.8 cm³/mol. The Kier molecular flexibility index (Phi) is 3.28. The van der Waals surface area contributed by atoms with Gasteiger partial charge in [0.05, 0.1) is 12.0 Å². The molecule has 1 heterocycles. The minimum absolute atomic E-state index is 0.193. The van der Waals surface area contributed by atoms with Crippen LogP contribution in [0.5, 0.6) is 11.5 Å². The first-order valence-electron chi connectivity index (χ1n) is 6.03. The van der Waals surface area contributed by atoms with Crippen molar-refractivity contribution < 1.29 is 14.3 Å². The van der Waals surface area contributed by atoms with Crippen molar-refractivity contribution in [3.05, 3.63) is 58.1 Å². The Labute approximate surface area is 123 Å². The van der Waals surface area contributed by atoms with Crippen LogP contribution in [0.2, 0.25) is 0 Å². The van der Waals surface area contributed by atoms with Gasteiger partial charge in [0.15, 0.2) is 0 Å². The Hall–Kier alpha value is -2.14. The van der Waals surface area contributed by atoms with Crippen LogP contribution in [-0.2, 0) is 11.2 Å². The molecular weight excluding hydrogens is 322 g/mol. The van der Waals surface area contributed by atoms with E-state index in [1.54, 1.807) is 30.3 Å². The first-order valence-corrected chi connectivity index (χ1v) is 6.82. The summed E-state index contributed by atoms with van der Waals surface area (Å²) in [6.45, 7) is 0. The van der Waals surface area contributed by atoms with Gasteiger partial charge in [-0.2, -0.15) is 0 Å². The molecule has 4 nitrogen and oxygen atoms in total. The highest BCUT2D eigenvalue weighted by molar-refractivity contribution is 9.10. The second kappa shape index (κ2) is 5.09. The lowest BCUT2D eigenvalue weighted by Gasteiger charge is -2.18. The van der Waals surface area contributed by atoms with E-state index in [-0.39, 0.29) is 12.3 Å². The van der Waals surface area contributed by atoms with Crippen molar-refractivity contribution in [2.24, 2.45) is 0 Å². The first-order chi connectivity index (χ1) is 9.63. The summed E-state index contributed by atoms with van der Waals surface area (Å²) in [7, 11) is 0. The van der Waals surface area contributed by atoms with Gasteiger partial charge >= 0.3 is 0 Å². The zero-order valence-electron chi connectivity index (χ0n) is 10.4. The lowest BCUT2D eigenvalue weighted by atomic mass is 9.99. The highest BCUT2D eigenvalue weighted by atomic mass is 79.9. The molecule has 3 rings (SSSR count). The Morgan fingerprint density at radius 2 is 1.80 bits per heavy atom. The molecule has 0 spiro atoms. The van der Waals surface area contributed by atoms with Crippen molar-refractivity contribution in [2.75, 3.05) is 0 Å². The Morgan fingerprint density at radius 1 is 1.05 bits per heavy atom. The highest BCUT2D eigenvalue weighted by Crippen LogP contribution is 2.30. The molecule has 1 aliphatic rings. The number of amides is 2. The van der Waals surface area contributed by atoms with E-state index in [2.05, 4.69) is 21.2 Å². The van der Waals surface area contributed by atoms with Gasteiger partial charge in [-0.3, -0.25) is 14.9 Å². The number of imide groups is 1. The largest absolute Gasteiger partial charge is 0.457 e. The monoisotopic (exact) mass is 331 g/mol. The first kappa shape index (κ1) is 12.9. The van der Waals surface area contributed by atoms with E-state index in [0.717, 1.165) is 4.47 Å². The van der Waals surface area contributed by atoms with Gasteiger partial charge in [0.2, 0.25) is 5.91 Å². The molecule has 0 fully saturated rings. The smallest absolute Gasteiger partial charge is 0.261 e. The molecular formula is C15H10BrNO3. The number of hydrogen-bond donors (Lipinski definition) is 1. The summed E-state index contributed by atoms with van der Waals surface area (Å²) < 4.78 is 6.69. The zero-order chi connectivity index (χ0) is 14.1. The van der Waals surface area contributed by atoms with E-state index in [9.17, 15) is 9.59 Å². The lowest BCUT2D eigenvalue weighted by molar-refractivity contribution is -0.119. The van der Waals surface area contributed by atoms with Gasteiger partial charge < -0.3 is 4.74 Å². The van der Waals surface area contributed by atoms with Crippen molar-refractivity contribution in [3.8, 4) is 11.5 Å². The lowest BCUT2D eigenvalue weighted by Crippen LogP contribution is -2.37. The molecule has 1 N–H and O–H groups in total. The highest BCUT2D eigenvalue weighted by Gasteiger charge is 2.25. The minimum Gasteiger partial charge on any atom is -0.457 e. The van der Waals surface area contributed by atoms with Crippen LogP contribution in [0.3, 0.4) is 0 Å². The van der Waals surface area contributed by atoms with Crippen LogP contribution < -0.4 is 10.1 Å². The van der Waals surface area contributed by atoms with E-state index >= 15 is 0 Å². The third-order valence-electron chi connectivity index (χ3n) is 2.98. The molecule has 2 aromatic rings. The van der Waals surface area contributed by atoms with Crippen LogP contribution in [0, 0.1) is 0 Å². The van der Waals surface area contributed by atoms with E-state index < -0.39 is 5.91 Å². The summed E-state index contributed by atoms with van der Waals surface area (Å²) in [6.07, 6.45) is 0.193. The topological polar surface area (TPSA) is 55.4 Å². The number of fused-ring (bicyclic) bond motifs is 1. The van der Waals surface area contributed by atoms with E-state index in [1.807, 2.05) is 12.1 Å². The molecule has 0 unspecified atom stereocenters. The van der Waals surface area contributed by atoms with Crippen LogP contribution in [0.25, 0.3) is 0 Å². The SMILES string of the molecule is O=C1Cc2cccc(Oc3ccc(Br)cc3)c2C(=O)N1. The Morgan fingerprint density at radius 3 is 2.55 bits per heavy atom. The number of benzene rings is 2. The normalized spacial score (nSPS) is 13.7. The fourth-order valence-electron chi connectivity index (χ4n) is 2.10. The van der Waals surface area contributed by atoms with Gasteiger partial charge in [-0.1, -0.05) is 28.1 Å². The zero-order valence-corrected chi connectivity index (χ0v) is 11.9. The number of ether oxygens (including phenoxy) is 1. The standard InChI is InChI=1S/C15H10BrNO3/c16-10-4-6-11(7-5-10)20-12-3-1-2-9-8-13(18)17-15(19)14(9)12/h1-7H,8H2,(H,17,18,19). The van der Waals surface area contributed by atoms with Crippen molar-refractivity contribution in [1.29, 1.82) is 0 Å². The Bertz CT molecular complexity index is 695. The van der Waals surface area contributed by atoms with Crippen molar-refractivity contribution >= 4 is 27.7 Å². The summed E-state index contributed by atoms with van der Waals surface area (Å²) >= 11 is 3.35. The molecule has 100 valence electrons. The van der Waals surface area contributed by atoms with Crippen molar-refractivity contribution in [3.63, 3.8) is 0 Å². The molecule has 2 amide bonds. The molecule has 0 saturated carbocycles. The van der Waals surface area contributed by atoms with Gasteiger partial charge in [-0.15, -0.1) is 0 Å². The maximum Gasteiger partial charge on any atom is 0.261 e. The van der Waals surface area contributed by atoms with Gasteiger partial charge in [0, 0.05) is 4.47 Å². The molecule has 0 bridgehead atoms. The van der Waals surface area contributed by atoms with Crippen LogP contribution >= 0.6 is 15.9 Å². The molecule has 20 heavy (non-hydrogen) atoms. The summed E-state index contributed by atoms with van der Waals surface area (Å²) in [6, 6.07) is 12.6. The number of hydrogen-bond acceptors (Lipinski definition) is 3. The molecule has 0 aromatic heterocycles. The fraction of sp³-hybridized carbons (Fsp3) is 0.0667.